The zero-order chi connectivity index (χ0) is 30.0. The molecule has 0 aliphatic rings. The van der Waals surface area contributed by atoms with Gasteiger partial charge in [0.05, 0.1) is 11.2 Å². The van der Waals surface area contributed by atoms with Crippen LogP contribution in [0.4, 0.5) is 0 Å². The van der Waals surface area contributed by atoms with E-state index >= 15 is 0 Å². The van der Waals surface area contributed by atoms with Crippen molar-refractivity contribution in [1.29, 1.82) is 0 Å². The van der Waals surface area contributed by atoms with Crippen molar-refractivity contribution in [2.75, 3.05) is 0 Å². The molecule has 2 heteroatoms. The highest BCUT2D eigenvalue weighted by Gasteiger charge is 2.17. The van der Waals surface area contributed by atoms with Gasteiger partial charge in [-0.15, -0.1) is 0 Å². The summed E-state index contributed by atoms with van der Waals surface area (Å²) < 4.78 is 0. The standard InChI is InChI=1S/C43H30NP/c1-5-13-32(14-6-1)40-30-42(34-15-7-2-8-16-34)44-41-28-25-33-21-22-35(29-39(33)43(40)41)31-23-26-38(27-24-31)45(36-17-9-3-10-18-36)37-19-11-4-12-20-37/h1-30H. The molecular weight excluding hydrogens is 561 g/mol. The fraction of sp³-hybridized carbons (Fsp3) is 0. The molecule has 0 saturated carbocycles. The molecule has 0 fully saturated rings. The number of benzene rings is 7. The molecule has 0 aliphatic heterocycles. The Labute approximate surface area is 265 Å². The third kappa shape index (κ3) is 5.33. The van der Waals surface area contributed by atoms with E-state index in [0.717, 1.165) is 16.8 Å². The minimum atomic E-state index is -0.640. The van der Waals surface area contributed by atoms with Crippen molar-refractivity contribution in [3.05, 3.63) is 182 Å². The third-order valence-corrected chi connectivity index (χ3v) is 10.9. The van der Waals surface area contributed by atoms with Gasteiger partial charge in [-0.2, -0.15) is 0 Å². The van der Waals surface area contributed by atoms with Crippen LogP contribution in [0.5, 0.6) is 0 Å². The van der Waals surface area contributed by atoms with Crippen LogP contribution in [0, 0.1) is 0 Å². The van der Waals surface area contributed by atoms with Crippen molar-refractivity contribution in [3.63, 3.8) is 0 Å². The van der Waals surface area contributed by atoms with Crippen LogP contribution in [0.25, 0.3) is 55.2 Å². The molecule has 0 atom stereocenters. The molecule has 7 aromatic carbocycles. The quantitative estimate of drug-likeness (QED) is 0.139. The highest BCUT2D eigenvalue weighted by atomic mass is 31.1. The van der Waals surface area contributed by atoms with Gasteiger partial charge in [-0.25, -0.2) is 4.98 Å². The molecule has 45 heavy (non-hydrogen) atoms. The molecule has 0 N–H and O–H groups in total. The second-order valence-corrected chi connectivity index (χ2v) is 13.5. The lowest BCUT2D eigenvalue weighted by atomic mass is 9.93. The van der Waals surface area contributed by atoms with Crippen LogP contribution in [-0.2, 0) is 0 Å². The van der Waals surface area contributed by atoms with Crippen molar-refractivity contribution in [2.24, 2.45) is 0 Å². The molecule has 8 aromatic rings. The smallest absolute Gasteiger partial charge is 0.0722 e. The molecular formula is C43H30NP. The fourth-order valence-corrected chi connectivity index (χ4v) is 8.52. The van der Waals surface area contributed by atoms with Gasteiger partial charge in [-0.05, 0) is 75.1 Å². The van der Waals surface area contributed by atoms with Crippen LogP contribution in [0.2, 0.25) is 0 Å². The van der Waals surface area contributed by atoms with E-state index in [1.165, 1.54) is 54.3 Å². The molecule has 0 saturated heterocycles. The van der Waals surface area contributed by atoms with Crippen LogP contribution in [-0.4, -0.2) is 4.98 Å². The SMILES string of the molecule is c1ccc(-c2cc(-c3ccccc3)c3c(ccc4ccc(-c5ccc(P(c6ccccc6)c6ccccc6)cc5)cc43)n2)cc1. The molecule has 212 valence electrons. The van der Waals surface area contributed by atoms with E-state index in [4.69, 9.17) is 4.98 Å². The Morgan fingerprint density at radius 2 is 0.889 bits per heavy atom. The first-order chi connectivity index (χ1) is 22.3. The molecule has 0 radical (unpaired) electrons. The fourth-order valence-electron chi connectivity index (χ4n) is 6.24. The maximum Gasteiger partial charge on any atom is 0.0722 e. The van der Waals surface area contributed by atoms with Crippen molar-refractivity contribution in [2.45, 2.75) is 0 Å². The molecule has 8 rings (SSSR count). The first kappa shape index (κ1) is 27.2. The van der Waals surface area contributed by atoms with Crippen LogP contribution in [0.3, 0.4) is 0 Å². The van der Waals surface area contributed by atoms with E-state index in [2.05, 4.69) is 182 Å². The summed E-state index contributed by atoms with van der Waals surface area (Å²) in [5.41, 5.74) is 7.93. The largest absolute Gasteiger partial charge is 0.248 e. The highest BCUT2D eigenvalue weighted by Crippen LogP contribution is 2.38. The van der Waals surface area contributed by atoms with Gasteiger partial charge in [-0.3, -0.25) is 0 Å². The Kier molecular flexibility index (Phi) is 7.23. The van der Waals surface area contributed by atoms with Crippen LogP contribution >= 0.6 is 7.92 Å². The van der Waals surface area contributed by atoms with Crippen molar-refractivity contribution >= 4 is 45.5 Å². The van der Waals surface area contributed by atoms with E-state index in [9.17, 15) is 0 Å². The molecule has 1 aromatic heterocycles. The zero-order valence-electron chi connectivity index (χ0n) is 24.7. The lowest BCUT2D eigenvalue weighted by Gasteiger charge is -2.19. The van der Waals surface area contributed by atoms with Gasteiger partial charge in [0.1, 0.15) is 0 Å². The van der Waals surface area contributed by atoms with Gasteiger partial charge >= 0.3 is 0 Å². The van der Waals surface area contributed by atoms with Crippen LogP contribution < -0.4 is 15.9 Å². The summed E-state index contributed by atoms with van der Waals surface area (Å²) in [6.45, 7) is 0. The van der Waals surface area contributed by atoms with Crippen molar-refractivity contribution < 1.29 is 0 Å². The van der Waals surface area contributed by atoms with Crippen LogP contribution in [0.1, 0.15) is 0 Å². The maximum atomic E-state index is 5.17. The summed E-state index contributed by atoms with van der Waals surface area (Å²) in [6.07, 6.45) is 0. The van der Waals surface area contributed by atoms with Crippen molar-refractivity contribution in [3.8, 4) is 33.5 Å². The second-order valence-electron chi connectivity index (χ2n) is 11.2. The second kappa shape index (κ2) is 12.0. The summed E-state index contributed by atoms with van der Waals surface area (Å²) in [5, 5.41) is 7.69. The lowest BCUT2D eigenvalue weighted by Crippen LogP contribution is -2.20. The number of rotatable bonds is 6. The predicted molar refractivity (Wildman–Crippen MR) is 194 cm³/mol. The number of pyridine rings is 1. The zero-order valence-corrected chi connectivity index (χ0v) is 25.6. The number of hydrogen-bond acceptors (Lipinski definition) is 1. The normalized spacial score (nSPS) is 11.3. The van der Waals surface area contributed by atoms with E-state index in [1.54, 1.807) is 0 Å². The summed E-state index contributed by atoms with van der Waals surface area (Å²) in [6, 6.07) is 65.6. The van der Waals surface area contributed by atoms with E-state index < -0.39 is 7.92 Å². The van der Waals surface area contributed by atoms with Gasteiger partial charge in [-0.1, -0.05) is 164 Å². The summed E-state index contributed by atoms with van der Waals surface area (Å²) >= 11 is 0. The molecule has 0 amide bonds. The third-order valence-electron chi connectivity index (χ3n) is 8.43. The number of hydrogen-bond donors (Lipinski definition) is 0. The Balaban J connectivity index is 1.26. The molecule has 0 unspecified atom stereocenters. The topological polar surface area (TPSA) is 12.9 Å². The Hall–Kier alpha value is -5.36. The van der Waals surface area contributed by atoms with Gasteiger partial charge in [0.25, 0.3) is 0 Å². The number of aromatic nitrogens is 1. The van der Waals surface area contributed by atoms with E-state index in [0.29, 0.717) is 0 Å². The molecule has 0 spiro atoms. The van der Waals surface area contributed by atoms with Crippen LogP contribution in [0.15, 0.2) is 182 Å². The minimum absolute atomic E-state index is 0.640. The monoisotopic (exact) mass is 591 g/mol. The maximum absolute atomic E-state index is 5.17. The Morgan fingerprint density at radius 1 is 0.378 bits per heavy atom. The number of nitrogens with zero attached hydrogens (tertiary/aromatic N) is 1. The first-order valence-corrected chi connectivity index (χ1v) is 16.6. The lowest BCUT2D eigenvalue weighted by molar-refractivity contribution is 1.40. The van der Waals surface area contributed by atoms with E-state index in [-0.39, 0.29) is 0 Å². The number of fused-ring (bicyclic) bond motifs is 3. The Bertz CT molecular complexity index is 2190. The molecule has 1 nitrogen and oxygen atoms in total. The van der Waals surface area contributed by atoms with Gasteiger partial charge in [0.2, 0.25) is 0 Å². The summed E-state index contributed by atoms with van der Waals surface area (Å²) in [4.78, 5) is 5.17. The minimum Gasteiger partial charge on any atom is -0.248 e. The average molecular weight is 592 g/mol. The van der Waals surface area contributed by atoms with E-state index in [1.807, 2.05) is 0 Å². The Morgan fingerprint density at radius 3 is 1.51 bits per heavy atom. The molecule has 0 aliphatic carbocycles. The first-order valence-electron chi connectivity index (χ1n) is 15.3. The van der Waals surface area contributed by atoms with Gasteiger partial charge in [0, 0.05) is 10.9 Å². The van der Waals surface area contributed by atoms with Gasteiger partial charge in [0.15, 0.2) is 0 Å². The predicted octanol–water partition coefficient (Wildman–Crippen LogP) is 10.1. The summed E-state index contributed by atoms with van der Waals surface area (Å²) in [5.74, 6) is 0. The summed E-state index contributed by atoms with van der Waals surface area (Å²) in [7, 11) is -0.640. The van der Waals surface area contributed by atoms with Gasteiger partial charge < -0.3 is 0 Å². The molecule has 0 bridgehead atoms. The molecule has 1 heterocycles. The average Bonchev–Trinajstić information content (AvgIpc) is 3.13. The van der Waals surface area contributed by atoms with Crippen molar-refractivity contribution in [1.82, 2.24) is 4.98 Å². The highest BCUT2D eigenvalue weighted by molar-refractivity contribution is 7.79.